The van der Waals surface area contributed by atoms with Crippen molar-refractivity contribution in [3.63, 3.8) is 0 Å². The lowest BCUT2D eigenvalue weighted by molar-refractivity contribution is -0.130. The monoisotopic (exact) mass is 406 g/mol. The Labute approximate surface area is 175 Å². The summed E-state index contributed by atoms with van der Waals surface area (Å²) in [6.45, 7) is 4.94. The summed E-state index contributed by atoms with van der Waals surface area (Å²) in [6.07, 6.45) is 0.451. The molecule has 5 nitrogen and oxygen atoms in total. The van der Waals surface area contributed by atoms with E-state index in [9.17, 15) is 4.79 Å². The van der Waals surface area contributed by atoms with Gasteiger partial charge in [0.1, 0.15) is 0 Å². The summed E-state index contributed by atoms with van der Waals surface area (Å²) in [7, 11) is 0. The number of amides is 1. The van der Waals surface area contributed by atoms with Gasteiger partial charge in [0, 0.05) is 31.7 Å². The van der Waals surface area contributed by atoms with Gasteiger partial charge in [0.25, 0.3) is 0 Å². The summed E-state index contributed by atoms with van der Waals surface area (Å²) < 4.78 is 0. The van der Waals surface area contributed by atoms with E-state index >= 15 is 0 Å². The average Bonchev–Trinajstić information content (AvgIpc) is 2.76. The van der Waals surface area contributed by atoms with Gasteiger partial charge in [0.2, 0.25) is 5.91 Å². The van der Waals surface area contributed by atoms with Gasteiger partial charge in [0.05, 0.1) is 17.1 Å². The largest absolute Gasteiger partial charge is 0.352 e. The topological polar surface area (TPSA) is 49.3 Å². The average molecular weight is 407 g/mol. The number of carbonyl (C=O) groups is 1. The molecule has 2 aromatic carbocycles. The Morgan fingerprint density at radius 1 is 0.931 bits per heavy atom. The first-order valence-corrected chi connectivity index (χ1v) is 10.1. The first-order chi connectivity index (χ1) is 14.1. The van der Waals surface area contributed by atoms with E-state index in [1.807, 2.05) is 65.6 Å². The van der Waals surface area contributed by atoms with Gasteiger partial charge in [-0.25, -0.2) is 0 Å². The van der Waals surface area contributed by atoms with Crippen molar-refractivity contribution in [2.75, 3.05) is 31.1 Å². The van der Waals surface area contributed by atoms with Crippen molar-refractivity contribution in [1.82, 2.24) is 15.1 Å². The second-order valence-corrected chi connectivity index (χ2v) is 7.69. The summed E-state index contributed by atoms with van der Waals surface area (Å²) in [6, 6.07) is 19.7. The number of aryl methyl sites for hydroxylation is 1. The summed E-state index contributed by atoms with van der Waals surface area (Å²) in [5, 5.41) is 9.39. The standard InChI is InChI=1S/C23H23ClN4O/c1-17-6-8-18(9-7-17)16-23(29)28-14-12-27(13-15-28)22-11-10-21(25-26-22)19-4-2-3-5-20(19)24/h2-11H,12-16H2,1H3. The summed E-state index contributed by atoms with van der Waals surface area (Å²) >= 11 is 6.24. The number of nitrogens with zero attached hydrogens (tertiary/aromatic N) is 4. The molecular weight excluding hydrogens is 384 g/mol. The Morgan fingerprint density at radius 3 is 2.31 bits per heavy atom. The van der Waals surface area contributed by atoms with Crippen LogP contribution in [0, 0.1) is 6.92 Å². The Kier molecular flexibility index (Phi) is 5.76. The molecule has 0 radical (unpaired) electrons. The van der Waals surface area contributed by atoms with E-state index in [0.29, 0.717) is 24.5 Å². The van der Waals surface area contributed by atoms with Crippen LogP contribution in [0.25, 0.3) is 11.3 Å². The number of anilines is 1. The minimum Gasteiger partial charge on any atom is -0.352 e. The molecule has 0 bridgehead atoms. The van der Waals surface area contributed by atoms with Crippen molar-refractivity contribution in [1.29, 1.82) is 0 Å². The molecule has 0 N–H and O–H groups in total. The van der Waals surface area contributed by atoms with Gasteiger partial charge in [0.15, 0.2) is 5.82 Å². The van der Waals surface area contributed by atoms with Crippen molar-refractivity contribution in [3.8, 4) is 11.3 Å². The van der Waals surface area contributed by atoms with Crippen molar-refractivity contribution < 1.29 is 4.79 Å². The van der Waals surface area contributed by atoms with E-state index in [4.69, 9.17) is 11.6 Å². The maximum atomic E-state index is 12.6. The molecule has 1 aliphatic rings. The van der Waals surface area contributed by atoms with Gasteiger partial charge >= 0.3 is 0 Å². The van der Waals surface area contributed by atoms with Crippen LogP contribution in [0.3, 0.4) is 0 Å². The van der Waals surface area contributed by atoms with Gasteiger partial charge in [-0.15, -0.1) is 10.2 Å². The summed E-state index contributed by atoms with van der Waals surface area (Å²) in [5.74, 6) is 1.00. The molecule has 1 fully saturated rings. The molecule has 1 amide bonds. The highest BCUT2D eigenvalue weighted by atomic mass is 35.5. The van der Waals surface area contributed by atoms with Crippen LogP contribution >= 0.6 is 11.6 Å². The Bertz CT molecular complexity index is 981. The van der Waals surface area contributed by atoms with Gasteiger partial charge in [-0.3, -0.25) is 4.79 Å². The van der Waals surface area contributed by atoms with Crippen LogP contribution in [0.1, 0.15) is 11.1 Å². The molecule has 0 unspecified atom stereocenters. The first kappa shape index (κ1) is 19.4. The molecule has 2 heterocycles. The third-order valence-electron chi connectivity index (χ3n) is 5.23. The smallest absolute Gasteiger partial charge is 0.227 e. The minimum atomic E-state index is 0.175. The first-order valence-electron chi connectivity index (χ1n) is 9.77. The molecule has 0 aliphatic carbocycles. The van der Waals surface area contributed by atoms with Crippen LogP contribution in [0.4, 0.5) is 5.82 Å². The summed E-state index contributed by atoms with van der Waals surface area (Å²) in [5.41, 5.74) is 3.89. The molecule has 6 heteroatoms. The highest BCUT2D eigenvalue weighted by Gasteiger charge is 2.22. The third kappa shape index (κ3) is 4.57. The number of aromatic nitrogens is 2. The fourth-order valence-electron chi connectivity index (χ4n) is 3.48. The molecule has 3 aromatic rings. The van der Waals surface area contributed by atoms with Crippen LogP contribution in [-0.4, -0.2) is 47.2 Å². The zero-order chi connectivity index (χ0) is 20.2. The Morgan fingerprint density at radius 2 is 1.66 bits per heavy atom. The van der Waals surface area contributed by atoms with E-state index in [-0.39, 0.29) is 5.91 Å². The van der Waals surface area contributed by atoms with Gasteiger partial charge in [-0.05, 0) is 30.7 Å². The predicted octanol–water partition coefficient (Wildman–Crippen LogP) is 4.00. The second kappa shape index (κ2) is 8.62. The van der Waals surface area contributed by atoms with Crippen LogP contribution in [-0.2, 0) is 11.2 Å². The molecule has 0 spiro atoms. The van der Waals surface area contributed by atoms with Crippen LogP contribution < -0.4 is 4.90 Å². The fraction of sp³-hybridized carbons (Fsp3) is 0.261. The highest BCUT2D eigenvalue weighted by molar-refractivity contribution is 6.33. The molecule has 1 aromatic heterocycles. The number of benzene rings is 2. The molecular formula is C23H23ClN4O. The van der Waals surface area contributed by atoms with Crippen molar-refractivity contribution >= 4 is 23.3 Å². The number of hydrogen-bond donors (Lipinski definition) is 0. The number of carbonyl (C=O) groups excluding carboxylic acids is 1. The van der Waals surface area contributed by atoms with E-state index < -0.39 is 0 Å². The van der Waals surface area contributed by atoms with E-state index in [1.54, 1.807) is 0 Å². The van der Waals surface area contributed by atoms with Gasteiger partial charge < -0.3 is 9.80 Å². The zero-order valence-electron chi connectivity index (χ0n) is 16.4. The highest BCUT2D eigenvalue weighted by Crippen LogP contribution is 2.26. The number of hydrogen-bond acceptors (Lipinski definition) is 4. The molecule has 0 atom stereocenters. The Hall–Kier alpha value is -2.92. The molecule has 29 heavy (non-hydrogen) atoms. The zero-order valence-corrected chi connectivity index (χ0v) is 17.1. The maximum Gasteiger partial charge on any atom is 0.227 e. The van der Waals surface area contributed by atoms with Crippen LogP contribution in [0.2, 0.25) is 5.02 Å². The normalized spacial score (nSPS) is 14.1. The minimum absolute atomic E-state index is 0.175. The second-order valence-electron chi connectivity index (χ2n) is 7.29. The number of halogens is 1. The molecule has 4 rings (SSSR count). The summed E-state index contributed by atoms with van der Waals surface area (Å²) in [4.78, 5) is 16.7. The molecule has 1 saturated heterocycles. The van der Waals surface area contributed by atoms with Gasteiger partial charge in [-0.2, -0.15) is 0 Å². The number of rotatable bonds is 4. The Balaban J connectivity index is 1.35. The van der Waals surface area contributed by atoms with E-state index in [1.165, 1.54) is 5.56 Å². The lowest BCUT2D eigenvalue weighted by Gasteiger charge is -2.35. The van der Waals surface area contributed by atoms with Crippen molar-refractivity contribution in [2.24, 2.45) is 0 Å². The predicted molar refractivity (Wildman–Crippen MR) is 116 cm³/mol. The van der Waals surface area contributed by atoms with Gasteiger partial charge in [-0.1, -0.05) is 59.6 Å². The molecule has 148 valence electrons. The van der Waals surface area contributed by atoms with Crippen LogP contribution in [0.5, 0.6) is 0 Å². The number of piperazine rings is 1. The van der Waals surface area contributed by atoms with Crippen molar-refractivity contribution in [3.05, 3.63) is 76.8 Å². The third-order valence-corrected chi connectivity index (χ3v) is 5.56. The van der Waals surface area contributed by atoms with E-state index in [2.05, 4.69) is 22.0 Å². The molecule has 1 aliphatic heterocycles. The molecule has 0 saturated carbocycles. The fourth-order valence-corrected chi connectivity index (χ4v) is 3.72. The lowest BCUT2D eigenvalue weighted by atomic mass is 10.1. The maximum absolute atomic E-state index is 12.6. The SMILES string of the molecule is Cc1ccc(CC(=O)N2CCN(c3ccc(-c4ccccc4Cl)nn3)CC2)cc1. The quantitative estimate of drug-likeness (QED) is 0.657. The van der Waals surface area contributed by atoms with Crippen molar-refractivity contribution in [2.45, 2.75) is 13.3 Å². The van der Waals surface area contributed by atoms with Crippen LogP contribution in [0.15, 0.2) is 60.7 Å². The van der Waals surface area contributed by atoms with E-state index in [0.717, 1.165) is 35.7 Å². The lowest BCUT2D eigenvalue weighted by Crippen LogP contribution is -2.49.